The van der Waals surface area contributed by atoms with Crippen molar-refractivity contribution in [3.05, 3.63) is 54.1 Å². The monoisotopic (exact) mass is 305 g/mol. The first kappa shape index (κ1) is 15.5. The predicted molar refractivity (Wildman–Crippen MR) is 84.1 cm³/mol. The average Bonchev–Trinajstić information content (AvgIpc) is 2.55. The van der Waals surface area contributed by atoms with Crippen LogP contribution in [0, 0.1) is 0 Å². The van der Waals surface area contributed by atoms with Crippen LogP contribution in [0.25, 0.3) is 0 Å². The fraction of sp³-hybridized carbons (Fsp3) is 0.250. The zero-order chi connectivity index (χ0) is 15.1. The minimum atomic E-state index is -1.15. The summed E-state index contributed by atoms with van der Waals surface area (Å²) >= 11 is 0. The van der Waals surface area contributed by atoms with E-state index in [2.05, 4.69) is 0 Å². The lowest BCUT2D eigenvalue weighted by molar-refractivity contribution is 0.342. The lowest BCUT2D eigenvalue weighted by Crippen LogP contribution is -2.09. The van der Waals surface area contributed by atoms with Crippen LogP contribution in [0.2, 0.25) is 0 Å². The van der Waals surface area contributed by atoms with Gasteiger partial charge in [0.1, 0.15) is 18.1 Å². The maximum atomic E-state index is 12.3. The van der Waals surface area contributed by atoms with Crippen LogP contribution in [0.1, 0.15) is 5.56 Å². The Balaban J connectivity index is 1.92. The summed E-state index contributed by atoms with van der Waals surface area (Å²) in [4.78, 5) is 0.694. The third-order valence-corrected chi connectivity index (χ3v) is 4.35. The summed E-state index contributed by atoms with van der Waals surface area (Å²) in [5.41, 5.74) is 6.60. The van der Waals surface area contributed by atoms with Crippen LogP contribution in [0.5, 0.6) is 11.5 Å². The minimum Gasteiger partial charge on any atom is -0.495 e. The van der Waals surface area contributed by atoms with E-state index in [9.17, 15) is 4.21 Å². The molecule has 0 saturated heterocycles. The minimum absolute atomic E-state index is 0.374. The molecule has 0 aliphatic rings. The van der Waals surface area contributed by atoms with Gasteiger partial charge in [-0.1, -0.05) is 24.3 Å². The Morgan fingerprint density at radius 3 is 2.71 bits per heavy atom. The fourth-order valence-corrected chi connectivity index (χ4v) is 2.98. The Labute approximate surface area is 127 Å². The molecule has 0 heterocycles. The van der Waals surface area contributed by atoms with E-state index in [1.165, 1.54) is 0 Å². The molecule has 1 unspecified atom stereocenters. The molecular formula is C16H19NO3S. The number of nitrogens with two attached hydrogens (primary N) is 1. The molecule has 0 aliphatic heterocycles. The Hall–Kier alpha value is -1.85. The first-order valence-corrected chi connectivity index (χ1v) is 7.99. The second-order valence-electron chi connectivity index (χ2n) is 4.40. The van der Waals surface area contributed by atoms with Crippen molar-refractivity contribution in [2.24, 2.45) is 5.73 Å². The maximum Gasteiger partial charge on any atom is 0.134 e. The van der Waals surface area contributed by atoms with Gasteiger partial charge in [0.05, 0.1) is 28.6 Å². The van der Waals surface area contributed by atoms with Crippen molar-refractivity contribution in [1.82, 2.24) is 0 Å². The van der Waals surface area contributed by atoms with Crippen molar-refractivity contribution in [3.8, 4) is 11.5 Å². The van der Waals surface area contributed by atoms with E-state index in [0.29, 0.717) is 29.5 Å². The molecular weight excluding hydrogens is 286 g/mol. The first-order chi connectivity index (χ1) is 10.2. The lowest BCUT2D eigenvalue weighted by atomic mass is 10.2. The topological polar surface area (TPSA) is 61.5 Å². The molecule has 2 aromatic carbocycles. The van der Waals surface area contributed by atoms with Gasteiger partial charge in [-0.15, -0.1) is 0 Å². The van der Waals surface area contributed by atoms with Crippen LogP contribution in [-0.2, 0) is 17.3 Å². The molecule has 0 spiro atoms. The number of para-hydroxylation sites is 1. The molecule has 0 aromatic heterocycles. The molecule has 0 amide bonds. The van der Waals surface area contributed by atoms with Gasteiger partial charge in [0.2, 0.25) is 0 Å². The molecule has 4 nitrogen and oxygen atoms in total. The number of ether oxygens (including phenoxy) is 2. The normalized spacial score (nSPS) is 11.9. The maximum absolute atomic E-state index is 12.3. The fourth-order valence-electron chi connectivity index (χ4n) is 1.91. The molecule has 0 saturated carbocycles. The molecule has 0 aliphatic carbocycles. The number of rotatable bonds is 7. The summed E-state index contributed by atoms with van der Waals surface area (Å²) in [6.07, 6.45) is 0. The Kier molecular flexibility index (Phi) is 5.78. The molecule has 112 valence electrons. The first-order valence-electron chi connectivity index (χ1n) is 6.68. The van der Waals surface area contributed by atoms with E-state index < -0.39 is 10.8 Å². The third kappa shape index (κ3) is 4.31. The van der Waals surface area contributed by atoms with Crippen LogP contribution in [0.4, 0.5) is 0 Å². The predicted octanol–water partition coefficient (Wildman–Crippen LogP) is 2.34. The van der Waals surface area contributed by atoms with E-state index in [1.807, 2.05) is 42.5 Å². The highest BCUT2D eigenvalue weighted by Gasteiger charge is 2.09. The second kappa shape index (κ2) is 7.81. The van der Waals surface area contributed by atoms with Gasteiger partial charge < -0.3 is 15.2 Å². The summed E-state index contributed by atoms with van der Waals surface area (Å²) in [6.45, 7) is 0.850. The average molecular weight is 305 g/mol. The van der Waals surface area contributed by atoms with Crippen molar-refractivity contribution in [1.29, 1.82) is 0 Å². The summed E-state index contributed by atoms with van der Waals surface area (Å²) in [5, 5.41) is 0. The zero-order valence-corrected chi connectivity index (χ0v) is 12.8. The van der Waals surface area contributed by atoms with Crippen molar-refractivity contribution in [3.63, 3.8) is 0 Å². The van der Waals surface area contributed by atoms with Gasteiger partial charge >= 0.3 is 0 Å². The molecule has 0 fully saturated rings. The van der Waals surface area contributed by atoms with Gasteiger partial charge in [0, 0.05) is 6.54 Å². The molecule has 2 N–H and O–H groups in total. The van der Waals surface area contributed by atoms with Crippen LogP contribution in [0.15, 0.2) is 53.4 Å². The van der Waals surface area contributed by atoms with Gasteiger partial charge in [0.25, 0.3) is 0 Å². The zero-order valence-electron chi connectivity index (χ0n) is 12.0. The molecule has 21 heavy (non-hydrogen) atoms. The van der Waals surface area contributed by atoms with E-state index in [-0.39, 0.29) is 0 Å². The molecule has 1 atom stereocenters. The Bertz CT molecular complexity index is 616. The number of benzene rings is 2. The van der Waals surface area contributed by atoms with Crippen LogP contribution in [-0.4, -0.2) is 23.7 Å². The van der Waals surface area contributed by atoms with E-state index in [0.717, 1.165) is 11.3 Å². The summed E-state index contributed by atoms with van der Waals surface area (Å²) in [6, 6.07) is 14.9. The Morgan fingerprint density at radius 1 is 1.14 bits per heavy atom. The summed E-state index contributed by atoms with van der Waals surface area (Å²) in [5.74, 6) is 1.80. The van der Waals surface area contributed by atoms with Crippen molar-refractivity contribution in [2.45, 2.75) is 11.4 Å². The van der Waals surface area contributed by atoms with Gasteiger partial charge in [-0.05, 0) is 29.8 Å². The molecule has 0 bridgehead atoms. The third-order valence-electron chi connectivity index (χ3n) is 2.99. The Morgan fingerprint density at radius 2 is 1.95 bits per heavy atom. The highest BCUT2D eigenvalue weighted by molar-refractivity contribution is 7.85. The van der Waals surface area contributed by atoms with Crippen molar-refractivity contribution in [2.75, 3.05) is 19.5 Å². The lowest BCUT2D eigenvalue weighted by Gasteiger charge is -2.09. The quantitative estimate of drug-likeness (QED) is 0.853. The SMILES string of the molecule is COc1ccccc1S(=O)CCOc1cccc(CN)c1. The molecule has 0 radical (unpaired) electrons. The summed E-state index contributed by atoms with van der Waals surface area (Å²) in [7, 11) is 0.424. The smallest absolute Gasteiger partial charge is 0.134 e. The van der Waals surface area contributed by atoms with Crippen LogP contribution >= 0.6 is 0 Å². The van der Waals surface area contributed by atoms with Gasteiger partial charge in [-0.3, -0.25) is 4.21 Å². The van der Waals surface area contributed by atoms with E-state index in [4.69, 9.17) is 15.2 Å². The van der Waals surface area contributed by atoms with Gasteiger partial charge in [-0.25, -0.2) is 0 Å². The van der Waals surface area contributed by atoms with Crippen molar-refractivity contribution >= 4 is 10.8 Å². The van der Waals surface area contributed by atoms with Gasteiger partial charge in [0.15, 0.2) is 0 Å². The van der Waals surface area contributed by atoms with E-state index in [1.54, 1.807) is 13.2 Å². The largest absolute Gasteiger partial charge is 0.495 e. The highest BCUT2D eigenvalue weighted by atomic mass is 32.2. The standard InChI is InChI=1S/C16H19NO3S/c1-19-15-7-2-3-8-16(15)21(18)10-9-20-14-6-4-5-13(11-14)12-17/h2-8,11H,9-10,12,17H2,1H3. The second-order valence-corrected chi connectivity index (χ2v) is 5.94. The van der Waals surface area contributed by atoms with Crippen molar-refractivity contribution < 1.29 is 13.7 Å². The number of hydrogen-bond donors (Lipinski definition) is 1. The molecule has 5 heteroatoms. The van der Waals surface area contributed by atoms with Crippen LogP contribution in [0.3, 0.4) is 0 Å². The number of methoxy groups -OCH3 is 1. The van der Waals surface area contributed by atoms with Crippen LogP contribution < -0.4 is 15.2 Å². The molecule has 2 rings (SSSR count). The summed E-state index contributed by atoms with van der Waals surface area (Å²) < 4.78 is 23.1. The highest BCUT2D eigenvalue weighted by Crippen LogP contribution is 2.21. The number of hydrogen-bond acceptors (Lipinski definition) is 4. The van der Waals surface area contributed by atoms with Gasteiger partial charge in [-0.2, -0.15) is 0 Å². The molecule has 2 aromatic rings. The van der Waals surface area contributed by atoms with E-state index >= 15 is 0 Å².